The Morgan fingerprint density at radius 2 is 2.13 bits per heavy atom. The van der Waals surface area contributed by atoms with Crippen LogP contribution in [0, 0.1) is 12.7 Å². The molecule has 2 rings (SSSR count). The van der Waals surface area contributed by atoms with E-state index in [1.165, 1.54) is 4.68 Å². The highest BCUT2D eigenvalue weighted by Gasteiger charge is 2.14. The number of benzene rings is 1. The second kappa shape index (κ2) is 3.38. The molecule has 4 heteroatoms. The Morgan fingerprint density at radius 3 is 2.67 bits per heavy atom. The van der Waals surface area contributed by atoms with E-state index >= 15 is 0 Å². The molecule has 1 aromatic heterocycles. The predicted octanol–water partition coefficient (Wildman–Crippen LogP) is 2.12. The van der Waals surface area contributed by atoms with Crippen LogP contribution in [0.3, 0.4) is 0 Å². The summed E-state index contributed by atoms with van der Waals surface area (Å²) in [6.07, 6.45) is 0. The van der Waals surface area contributed by atoms with Crippen molar-refractivity contribution in [2.24, 2.45) is 7.05 Å². The van der Waals surface area contributed by atoms with E-state index in [0.29, 0.717) is 5.69 Å². The molecule has 0 bridgehead atoms. The third-order valence-electron chi connectivity index (χ3n) is 2.32. The minimum absolute atomic E-state index is 0.0616. The third-order valence-corrected chi connectivity index (χ3v) is 2.32. The van der Waals surface area contributed by atoms with E-state index in [1.807, 2.05) is 31.2 Å². The zero-order valence-electron chi connectivity index (χ0n) is 8.66. The topological polar surface area (TPSA) is 43.8 Å². The van der Waals surface area contributed by atoms with Gasteiger partial charge in [-0.2, -0.15) is 5.10 Å². The van der Waals surface area contributed by atoms with Crippen LogP contribution >= 0.6 is 0 Å². The normalized spacial score (nSPS) is 10.6. The molecule has 0 spiro atoms. The molecule has 2 N–H and O–H groups in total. The average molecular weight is 205 g/mol. The van der Waals surface area contributed by atoms with Gasteiger partial charge in [0.2, 0.25) is 0 Å². The van der Waals surface area contributed by atoms with Gasteiger partial charge in [0.15, 0.2) is 11.6 Å². The van der Waals surface area contributed by atoms with E-state index in [1.54, 1.807) is 7.05 Å². The molecule has 0 fully saturated rings. The number of rotatable bonds is 1. The van der Waals surface area contributed by atoms with Gasteiger partial charge >= 0.3 is 0 Å². The molecule has 1 heterocycles. The Kier molecular flexibility index (Phi) is 2.19. The first-order valence-corrected chi connectivity index (χ1v) is 4.64. The van der Waals surface area contributed by atoms with Gasteiger partial charge < -0.3 is 5.73 Å². The highest BCUT2D eigenvalue weighted by atomic mass is 19.1. The molecule has 0 atom stereocenters. The number of nitrogen functional groups attached to an aromatic ring is 1. The highest BCUT2D eigenvalue weighted by Crippen LogP contribution is 2.25. The van der Waals surface area contributed by atoms with Gasteiger partial charge in [-0.1, -0.05) is 23.8 Å². The van der Waals surface area contributed by atoms with E-state index in [9.17, 15) is 4.39 Å². The summed E-state index contributed by atoms with van der Waals surface area (Å²) in [6, 6.07) is 7.52. The minimum Gasteiger partial charge on any atom is -0.381 e. The second-order valence-corrected chi connectivity index (χ2v) is 3.54. The maximum Gasteiger partial charge on any atom is 0.192 e. The molecule has 0 aliphatic rings. The molecular formula is C11H12FN3. The monoisotopic (exact) mass is 205 g/mol. The summed E-state index contributed by atoms with van der Waals surface area (Å²) in [5.41, 5.74) is 7.62. The number of hydrogen-bond donors (Lipinski definition) is 1. The lowest BCUT2D eigenvalue weighted by molar-refractivity contribution is 0.634. The van der Waals surface area contributed by atoms with Crippen molar-refractivity contribution in [2.45, 2.75) is 6.92 Å². The largest absolute Gasteiger partial charge is 0.381 e. The van der Waals surface area contributed by atoms with E-state index in [0.717, 1.165) is 11.1 Å². The van der Waals surface area contributed by atoms with Crippen molar-refractivity contribution in [1.82, 2.24) is 9.78 Å². The fraction of sp³-hybridized carbons (Fsp3) is 0.182. The van der Waals surface area contributed by atoms with Crippen LogP contribution in [-0.4, -0.2) is 9.78 Å². The van der Waals surface area contributed by atoms with Crippen LogP contribution in [0.15, 0.2) is 24.3 Å². The van der Waals surface area contributed by atoms with Gasteiger partial charge in [-0.3, -0.25) is 0 Å². The van der Waals surface area contributed by atoms with Crippen LogP contribution in [-0.2, 0) is 7.05 Å². The SMILES string of the molecule is Cc1cccc(-c2nn(C)c(N)c2F)c1. The first-order chi connectivity index (χ1) is 7.09. The molecule has 0 amide bonds. The van der Waals surface area contributed by atoms with E-state index in [4.69, 9.17) is 5.73 Å². The molecule has 1 aromatic carbocycles. The number of nitrogens with two attached hydrogens (primary N) is 1. The van der Waals surface area contributed by atoms with E-state index in [2.05, 4.69) is 5.10 Å². The zero-order valence-corrected chi connectivity index (χ0v) is 8.66. The predicted molar refractivity (Wildman–Crippen MR) is 57.8 cm³/mol. The number of aromatic nitrogens is 2. The fourth-order valence-corrected chi connectivity index (χ4v) is 1.49. The van der Waals surface area contributed by atoms with Gasteiger partial charge in [0.05, 0.1) is 0 Å². The van der Waals surface area contributed by atoms with Crippen LogP contribution in [0.2, 0.25) is 0 Å². The van der Waals surface area contributed by atoms with Crippen molar-refractivity contribution in [3.8, 4) is 11.3 Å². The van der Waals surface area contributed by atoms with Gasteiger partial charge in [0.25, 0.3) is 0 Å². The van der Waals surface area contributed by atoms with Crippen molar-refractivity contribution in [1.29, 1.82) is 0 Å². The summed E-state index contributed by atoms with van der Waals surface area (Å²) in [6.45, 7) is 1.95. The summed E-state index contributed by atoms with van der Waals surface area (Å²) < 4.78 is 15.0. The van der Waals surface area contributed by atoms with Gasteiger partial charge in [-0.15, -0.1) is 0 Å². The minimum atomic E-state index is -0.455. The maximum atomic E-state index is 13.6. The number of aryl methyl sites for hydroxylation is 2. The standard InChI is InChI=1S/C11H12FN3/c1-7-4-3-5-8(6-7)10-9(12)11(13)15(2)14-10/h3-6H,13H2,1-2H3. The van der Waals surface area contributed by atoms with Gasteiger partial charge in [-0.25, -0.2) is 9.07 Å². The fourth-order valence-electron chi connectivity index (χ4n) is 1.49. The Balaban J connectivity index is 2.59. The number of anilines is 1. The molecule has 0 aliphatic carbocycles. The Morgan fingerprint density at radius 1 is 1.40 bits per heavy atom. The summed E-state index contributed by atoms with van der Waals surface area (Å²) >= 11 is 0. The molecule has 78 valence electrons. The summed E-state index contributed by atoms with van der Waals surface area (Å²) in [5.74, 6) is -0.394. The lowest BCUT2D eigenvalue weighted by atomic mass is 10.1. The molecule has 0 saturated carbocycles. The van der Waals surface area contributed by atoms with Gasteiger partial charge in [0, 0.05) is 12.6 Å². The van der Waals surface area contributed by atoms with Crippen LogP contribution in [0.25, 0.3) is 11.3 Å². The molecule has 3 nitrogen and oxygen atoms in total. The second-order valence-electron chi connectivity index (χ2n) is 3.54. The molecule has 2 aromatic rings. The van der Waals surface area contributed by atoms with Crippen LogP contribution in [0.5, 0.6) is 0 Å². The summed E-state index contributed by atoms with van der Waals surface area (Å²) in [5, 5.41) is 4.04. The van der Waals surface area contributed by atoms with Crippen molar-refractivity contribution < 1.29 is 4.39 Å². The van der Waals surface area contributed by atoms with Crippen molar-refractivity contribution in [2.75, 3.05) is 5.73 Å². The van der Waals surface area contributed by atoms with Crippen molar-refractivity contribution in [3.63, 3.8) is 0 Å². The Labute approximate surface area is 87.3 Å². The number of hydrogen-bond acceptors (Lipinski definition) is 2. The number of halogens is 1. The van der Waals surface area contributed by atoms with Crippen molar-refractivity contribution in [3.05, 3.63) is 35.6 Å². The first-order valence-electron chi connectivity index (χ1n) is 4.64. The number of nitrogens with zero attached hydrogens (tertiary/aromatic N) is 2. The van der Waals surface area contributed by atoms with E-state index < -0.39 is 5.82 Å². The molecule has 0 saturated heterocycles. The first kappa shape index (κ1) is 9.71. The zero-order chi connectivity index (χ0) is 11.0. The highest BCUT2D eigenvalue weighted by molar-refractivity contribution is 5.64. The molecule has 0 unspecified atom stereocenters. The van der Waals surface area contributed by atoms with E-state index in [-0.39, 0.29) is 5.82 Å². The Hall–Kier alpha value is -1.84. The van der Waals surface area contributed by atoms with Crippen molar-refractivity contribution >= 4 is 5.82 Å². The lowest BCUT2D eigenvalue weighted by Crippen LogP contribution is -1.97. The quantitative estimate of drug-likeness (QED) is 0.774. The summed E-state index contributed by atoms with van der Waals surface area (Å²) in [7, 11) is 1.62. The molecule has 0 radical (unpaired) electrons. The van der Waals surface area contributed by atoms with Crippen LogP contribution in [0.4, 0.5) is 10.2 Å². The summed E-state index contributed by atoms with van der Waals surface area (Å²) in [4.78, 5) is 0. The average Bonchev–Trinajstić information content (AvgIpc) is 2.46. The van der Waals surface area contributed by atoms with Crippen LogP contribution < -0.4 is 5.73 Å². The maximum absolute atomic E-state index is 13.6. The molecule has 15 heavy (non-hydrogen) atoms. The third kappa shape index (κ3) is 1.58. The van der Waals surface area contributed by atoms with Gasteiger partial charge in [0.1, 0.15) is 5.69 Å². The Bertz CT molecular complexity index is 503. The lowest BCUT2D eigenvalue weighted by Gasteiger charge is -1.97. The smallest absolute Gasteiger partial charge is 0.192 e. The molecule has 0 aliphatic heterocycles. The van der Waals surface area contributed by atoms with Crippen LogP contribution in [0.1, 0.15) is 5.56 Å². The van der Waals surface area contributed by atoms with Gasteiger partial charge in [-0.05, 0) is 13.0 Å². The molecular weight excluding hydrogens is 193 g/mol.